The smallest absolute Gasteiger partial charge is 0.109 e. The fraction of sp³-hybridized carbons (Fsp3) is 0.917. The molecule has 15 heavy (non-hydrogen) atoms. The van der Waals surface area contributed by atoms with Crippen molar-refractivity contribution >= 4 is 0 Å². The molecule has 3 heteroatoms. The van der Waals surface area contributed by atoms with Crippen LogP contribution >= 0.6 is 0 Å². The lowest BCUT2D eigenvalue weighted by Gasteiger charge is -2.47. The molecule has 2 aliphatic heterocycles. The van der Waals surface area contributed by atoms with E-state index in [1.54, 1.807) is 0 Å². The highest BCUT2D eigenvalue weighted by molar-refractivity contribution is 5.24. The molecule has 2 bridgehead atoms. The van der Waals surface area contributed by atoms with Gasteiger partial charge in [-0.1, -0.05) is 0 Å². The molecule has 3 nitrogen and oxygen atoms in total. The summed E-state index contributed by atoms with van der Waals surface area (Å²) in [5.74, 6) is 0.809. The van der Waals surface area contributed by atoms with Crippen molar-refractivity contribution in [2.45, 2.75) is 56.8 Å². The molecule has 82 valence electrons. The van der Waals surface area contributed by atoms with Crippen LogP contribution in [-0.4, -0.2) is 35.1 Å². The second kappa shape index (κ2) is 2.96. The van der Waals surface area contributed by atoms with Gasteiger partial charge in [-0.3, -0.25) is 4.90 Å². The van der Waals surface area contributed by atoms with Gasteiger partial charge in [0, 0.05) is 18.1 Å². The zero-order chi connectivity index (χ0) is 10.6. The van der Waals surface area contributed by atoms with E-state index < -0.39 is 0 Å². The summed E-state index contributed by atoms with van der Waals surface area (Å²) in [5.41, 5.74) is -0.0955. The number of fused-ring (bicyclic) bond motifs is 1. The first-order chi connectivity index (χ1) is 7.18. The molecule has 0 aromatic heterocycles. The summed E-state index contributed by atoms with van der Waals surface area (Å²) in [5, 5.41) is 12.9. The third-order valence-corrected chi connectivity index (χ3v) is 4.40. The van der Waals surface area contributed by atoms with E-state index in [1.165, 1.54) is 13.0 Å². The molecule has 0 radical (unpaired) electrons. The molecule has 2 aliphatic carbocycles. The second-order valence-corrected chi connectivity index (χ2v) is 5.65. The lowest BCUT2D eigenvalue weighted by Crippen LogP contribution is -2.60. The van der Waals surface area contributed by atoms with Gasteiger partial charge in [-0.25, -0.2) is 0 Å². The van der Waals surface area contributed by atoms with Gasteiger partial charge in [0.2, 0.25) is 0 Å². The number of rotatable bonds is 3. The van der Waals surface area contributed by atoms with E-state index in [1.807, 2.05) is 0 Å². The van der Waals surface area contributed by atoms with Gasteiger partial charge in [0.1, 0.15) is 5.54 Å². The average molecular weight is 205 g/mol. The van der Waals surface area contributed by atoms with E-state index in [0.717, 1.165) is 18.8 Å². The summed E-state index contributed by atoms with van der Waals surface area (Å²) >= 11 is 0. The molecule has 2 saturated heterocycles. The van der Waals surface area contributed by atoms with Crippen molar-refractivity contribution in [3.05, 3.63) is 0 Å². The van der Waals surface area contributed by atoms with Crippen molar-refractivity contribution in [2.75, 3.05) is 6.54 Å². The summed E-state index contributed by atoms with van der Waals surface area (Å²) in [4.78, 5) is 2.51. The van der Waals surface area contributed by atoms with Crippen molar-refractivity contribution < 1.29 is 0 Å². The van der Waals surface area contributed by atoms with Crippen LogP contribution in [0.2, 0.25) is 0 Å². The maximum Gasteiger partial charge on any atom is 0.109 e. The molecular weight excluding hydrogens is 186 g/mol. The molecule has 2 heterocycles. The summed E-state index contributed by atoms with van der Waals surface area (Å²) in [6.07, 6.45) is 3.49. The van der Waals surface area contributed by atoms with Crippen LogP contribution in [0.15, 0.2) is 0 Å². The minimum Gasteiger partial charge on any atom is -0.312 e. The van der Waals surface area contributed by atoms with Gasteiger partial charge in [0.15, 0.2) is 0 Å². The Kier molecular flexibility index (Phi) is 1.90. The van der Waals surface area contributed by atoms with Crippen LogP contribution in [0.3, 0.4) is 0 Å². The average Bonchev–Trinajstić information content (AvgIpc) is 2.66. The van der Waals surface area contributed by atoms with Crippen molar-refractivity contribution in [1.82, 2.24) is 10.2 Å². The summed E-state index contributed by atoms with van der Waals surface area (Å²) < 4.78 is 0. The summed E-state index contributed by atoms with van der Waals surface area (Å²) in [6, 6.07) is 4.37. The first-order valence-electron chi connectivity index (χ1n) is 6.11. The third-order valence-electron chi connectivity index (χ3n) is 4.40. The number of hydrogen-bond donors (Lipinski definition) is 1. The minimum absolute atomic E-state index is 0.0955. The van der Waals surface area contributed by atoms with E-state index in [0.29, 0.717) is 18.1 Å². The lowest BCUT2D eigenvalue weighted by atomic mass is 9.77. The highest BCUT2D eigenvalue weighted by Gasteiger charge is 2.59. The van der Waals surface area contributed by atoms with Crippen LogP contribution in [0, 0.1) is 17.2 Å². The topological polar surface area (TPSA) is 39.1 Å². The van der Waals surface area contributed by atoms with Gasteiger partial charge in [-0.05, 0) is 45.6 Å². The van der Waals surface area contributed by atoms with Crippen LogP contribution in [0.5, 0.6) is 0 Å². The van der Waals surface area contributed by atoms with E-state index in [9.17, 15) is 5.26 Å². The molecule has 0 aromatic rings. The predicted octanol–water partition coefficient (Wildman–Crippen LogP) is 1.11. The zero-order valence-corrected chi connectivity index (χ0v) is 9.53. The second-order valence-electron chi connectivity index (χ2n) is 5.65. The maximum absolute atomic E-state index is 9.33. The van der Waals surface area contributed by atoms with Crippen LogP contribution < -0.4 is 5.32 Å². The molecule has 2 saturated carbocycles. The van der Waals surface area contributed by atoms with E-state index in [2.05, 4.69) is 30.1 Å². The molecule has 4 aliphatic rings. The molecule has 3 atom stereocenters. The third kappa shape index (κ3) is 1.18. The van der Waals surface area contributed by atoms with Gasteiger partial charge < -0.3 is 5.32 Å². The molecule has 0 amide bonds. The standard InChI is InChI=1S/C12H19N3/c1-8(2)15(12(7-13)3-4-12)11-9-5-10(11)14-6-9/h8-11,14H,3-6H2,1-2H3. The van der Waals surface area contributed by atoms with Crippen LogP contribution in [-0.2, 0) is 0 Å². The van der Waals surface area contributed by atoms with Gasteiger partial charge in [-0.15, -0.1) is 0 Å². The molecule has 4 rings (SSSR count). The van der Waals surface area contributed by atoms with Crippen LogP contribution in [0.25, 0.3) is 0 Å². The summed E-state index contributed by atoms with van der Waals surface area (Å²) in [7, 11) is 0. The summed E-state index contributed by atoms with van der Waals surface area (Å²) in [6.45, 7) is 5.63. The van der Waals surface area contributed by atoms with E-state index >= 15 is 0 Å². The Morgan fingerprint density at radius 3 is 2.53 bits per heavy atom. The molecule has 0 aromatic carbocycles. The van der Waals surface area contributed by atoms with Crippen molar-refractivity contribution in [3.63, 3.8) is 0 Å². The Balaban J connectivity index is 1.84. The maximum atomic E-state index is 9.33. The van der Waals surface area contributed by atoms with Gasteiger partial charge in [0.05, 0.1) is 6.07 Å². The molecule has 1 N–H and O–H groups in total. The Hall–Kier alpha value is -0.590. The molecule has 3 unspecified atom stereocenters. The SMILES string of the molecule is CC(C)N(C1C2CNC1C2)C1(C#N)CC1. The number of nitriles is 1. The normalized spacial score (nSPS) is 40.3. The fourth-order valence-electron chi connectivity index (χ4n) is 3.54. The predicted molar refractivity (Wildman–Crippen MR) is 58.2 cm³/mol. The van der Waals surface area contributed by atoms with Gasteiger partial charge in [0.25, 0.3) is 0 Å². The monoisotopic (exact) mass is 205 g/mol. The highest BCUT2D eigenvalue weighted by atomic mass is 15.3. The Morgan fingerprint density at radius 1 is 1.47 bits per heavy atom. The number of hydrogen-bond acceptors (Lipinski definition) is 3. The highest BCUT2D eigenvalue weighted by Crippen LogP contribution is 2.49. The molecule has 4 fully saturated rings. The first-order valence-corrected chi connectivity index (χ1v) is 6.11. The molecular formula is C12H19N3. The molecule has 0 spiro atoms. The minimum atomic E-state index is -0.0955. The number of nitrogens with zero attached hydrogens (tertiary/aromatic N) is 2. The fourth-order valence-corrected chi connectivity index (χ4v) is 3.54. The Labute approximate surface area is 91.4 Å². The first kappa shape index (κ1) is 9.62. The van der Waals surface area contributed by atoms with E-state index in [-0.39, 0.29) is 5.54 Å². The Bertz CT molecular complexity index is 299. The van der Waals surface area contributed by atoms with Crippen LogP contribution in [0.4, 0.5) is 0 Å². The van der Waals surface area contributed by atoms with Crippen molar-refractivity contribution in [3.8, 4) is 6.07 Å². The van der Waals surface area contributed by atoms with E-state index in [4.69, 9.17) is 0 Å². The largest absolute Gasteiger partial charge is 0.312 e. The van der Waals surface area contributed by atoms with Gasteiger partial charge in [-0.2, -0.15) is 5.26 Å². The van der Waals surface area contributed by atoms with Crippen molar-refractivity contribution in [1.29, 1.82) is 5.26 Å². The zero-order valence-electron chi connectivity index (χ0n) is 9.53. The van der Waals surface area contributed by atoms with Crippen LogP contribution in [0.1, 0.15) is 33.1 Å². The van der Waals surface area contributed by atoms with Gasteiger partial charge >= 0.3 is 0 Å². The Morgan fingerprint density at radius 2 is 2.20 bits per heavy atom. The quantitative estimate of drug-likeness (QED) is 0.750. The number of nitrogens with one attached hydrogen (secondary N) is 1. The van der Waals surface area contributed by atoms with Crippen molar-refractivity contribution in [2.24, 2.45) is 5.92 Å². The lowest BCUT2D eigenvalue weighted by molar-refractivity contribution is 0.0249.